The van der Waals surface area contributed by atoms with Gasteiger partial charge in [0.2, 0.25) is 0 Å². The summed E-state index contributed by atoms with van der Waals surface area (Å²) in [5.41, 5.74) is 11.2. The van der Waals surface area contributed by atoms with Crippen molar-refractivity contribution in [1.29, 1.82) is 0 Å². The molecule has 0 atom stereocenters. The first kappa shape index (κ1) is 17.7. The quantitative estimate of drug-likeness (QED) is 0.533. The Morgan fingerprint density at radius 2 is 1.82 bits per heavy atom. The van der Waals surface area contributed by atoms with Crippen molar-refractivity contribution in [2.24, 2.45) is 0 Å². The van der Waals surface area contributed by atoms with Gasteiger partial charge in [-0.25, -0.2) is 4.68 Å². The molecular weight excluding hydrogens is 348 g/mol. The van der Waals surface area contributed by atoms with Crippen molar-refractivity contribution >= 4 is 11.6 Å². The summed E-state index contributed by atoms with van der Waals surface area (Å²) in [5, 5.41) is 4.38. The Morgan fingerprint density at radius 1 is 1.00 bits per heavy atom. The molecule has 0 unspecified atom stereocenters. The van der Waals surface area contributed by atoms with Gasteiger partial charge in [-0.05, 0) is 35.7 Å². The van der Waals surface area contributed by atoms with Crippen molar-refractivity contribution in [1.82, 2.24) is 14.8 Å². The smallest absolute Gasteiger partial charge is 0.198 e. The van der Waals surface area contributed by atoms with E-state index in [1.54, 1.807) is 29.3 Å². The van der Waals surface area contributed by atoms with Gasteiger partial charge in [-0.1, -0.05) is 49.4 Å². The molecule has 0 radical (unpaired) electrons. The van der Waals surface area contributed by atoms with Crippen LogP contribution in [0.3, 0.4) is 0 Å². The van der Waals surface area contributed by atoms with E-state index < -0.39 is 0 Å². The number of hydrogen-bond acceptors (Lipinski definition) is 4. The number of aromatic nitrogens is 3. The summed E-state index contributed by atoms with van der Waals surface area (Å²) in [6.07, 6.45) is 5.89. The van der Waals surface area contributed by atoms with Gasteiger partial charge in [-0.2, -0.15) is 5.10 Å². The maximum absolute atomic E-state index is 13.1. The van der Waals surface area contributed by atoms with Crippen molar-refractivity contribution < 1.29 is 4.79 Å². The lowest BCUT2D eigenvalue weighted by molar-refractivity contribution is 0.103. The largest absolute Gasteiger partial charge is 0.383 e. The predicted octanol–water partition coefficient (Wildman–Crippen LogP) is 4.31. The molecule has 0 bridgehead atoms. The molecule has 5 heteroatoms. The highest BCUT2D eigenvalue weighted by Crippen LogP contribution is 2.25. The number of benzene rings is 2. The molecule has 4 rings (SSSR count). The summed E-state index contributed by atoms with van der Waals surface area (Å²) >= 11 is 0. The van der Waals surface area contributed by atoms with Crippen molar-refractivity contribution in [2.75, 3.05) is 5.73 Å². The fourth-order valence-electron chi connectivity index (χ4n) is 3.27. The van der Waals surface area contributed by atoms with Crippen LogP contribution in [-0.4, -0.2) is 20.5 Å². The van der Waals surface area contributed by atoms with Gasteiger partial charge in [0.1, 0.15) is 5.82 Å². The molecule has 0 aliphatic heterocycles. The fourth-order valence-corrected chi connectivity index (χ4v) is 3.27. The Kier molecular flexibility index (Phi) is 4.72. The fraction of sp³-hybridized carbons (Fsp3) is 0.0870. The third-order valence-corrected chi connectivity index (χ3v) is 4.77. The highest BCUT2D eigenvalue weighted by Gasteiger charge is 2.19. The summed E-state index contributed by atoms with van der Waals surface area (Å²) in [5.74, 6) is 0.196. The second-order valence-corrected chi connectivity index (χ2v) is 6.49. The van der Waals surface area contributed by atoms with Gasteiger partial charge in [0.15, 0.2) is 5.78 Å². The highest BCUT2D eigenvalue weighted by atomic mass is 16.1. The highest BCUT2D eigenvalue weighted by molar-refractivity contribution is 6.12. The topological polar surface area (TPSA) is 73.8 Å². The molecule has 28 heavy (non-hydrogen) atoms. The molecule has 0 amide bonds. The van der Waals surface area contributed by atoms with Crippen LogP contribution in [0.15, 0.2) is 79.3 Å². The number of ketones is 1. The van der Waals surface area contributed by atoms with Crippen LogP contribution in [0.1, 0.15) is 28.4 Å². The van der Waals surface area contributed by atoms with Crippen LogP contribution in [0.25, 0.3) is 16.8 Å². The summed E-state index contributed by atoms with van der Waals surface area (Å²) in [4.78, 5) is 17.2. The van der Waals surface area contributed by atoms with Crippen LogP contribution in [-0.2, 0) is 6.42 Å². The Balaban J connectivity index is 1.71. The number of carbonyl (C=O) groups excluding carboxylic acids is 1. The van der Waals surface area contributed by atoms with Gasteiger partial charge >= 0.3 is 0 Å². The minimum Gasteiger partial charge on any atom is -0.383 e. The molecule has 0 aliphatic rings. The predicted molar refractivity (Wildman–Crippen MR) is 110 cm³/mol. The molecule has 2 aromatic heterocycles. The van der Waals surface area contributed by atoms with Crippen LogP contribution in [0.4, 0.5) is 5.82 Å². The standard InChI is InChI=1S/C23H20N4O/c1-2-16-7-3-4-11-21(16)27-23(24)20(15-26-27)22(28)18-9-5-8-17(13-18)19-10-6-12-25-14-19/h3-15H,2,24H2,1H3. The monoisotopic (exact) mass is 368 g/mol. The molecule has 0 fully saturated rings. The number of rotatable bonds is 5. The second kappa shape index (κ2) is 7.48. The van der Waals surface area contributed by atoms with Crippen molar-refractivity contribution in [3.05, 3.63) is 95.9 Å². The number of anilines is 1. The first-order chi connectivity index (χ1) is 13.7. The lowest BCUT2D eigenvalue weighted by Crippen LogP contribution is -2.08. The number of pyridine rings is 1. The van der Waals surface area contributed by atoms with Crippen LogP contribution in [0, 0.1) is 0 Å². The zero-order valence-corrected chi connectivity index (χ0v) is 15.5. The van der Waals surface area contributed by atoms with Crippen molar-refractivity contribution in [2.45, 2.75) is 13.3 Å². The van der Waals surface area contributed by atoms with Gasteiger partial charge in [0.05, 0.1) is 17.4 Å². The lowest BCUT2D eigenvalue weighted by atomic mass is 10.00. The average Bonchev–Trinajstić information content (AvgIpc) is 3.15. The number of carbonyl (C=O) groups is 1. The SMILES string of the molecule is CCc1ccccc1-n1ncc(C(=O)c2cccc(-c3cccnc3)c2)c1N. The first-order valence-electron chi connectivity index (χ1n) is 9.16. The van der Waals surface area contributed by atoms with Crippen LogP contribution in [0.2, 0.25) is 0 Å². The summed E-state index contributed by atoms with van der Waals surface area (Å²) in [7, 11) is 0. The first-order valence-corrected chi connectivity index (χ1v) is 9.16. The maximum atomic E-state index is 13.1. The number of nitrogens with zero attached hydrogens (tertiary/aromatic N) is 3. The summed E-state index contributed by atoms with van der Waals surface area (Å²) < 4.78 is 1.64. The van der Waals surface area contributed by atoms with E-state index in [9.17, 15) is 4.79 Å². The molecule has 0 spiro atoms. The Labute approximate surface area is 163 Å². The van der Waals surface area contributed by atoms with Crippen molar-refractivity contribution in [3.63, 3.8) is 0 Å². The van der Waals surface area contributed by atoms with Gasteiger partial charge in [0.25, 0.3) is 0 Å². The van der Waals surface area contributed by atoms with Gasteiger partial charge in [0, 0.05) is 23.5 Å². The van der Waals surface area contributed by atoms with E-state index in [1.807, 2.05) is 54.6 Å². The molecule has 0 aliphatic carbocycles. The summed E-state index contributed by atoms with van der Waals surface area (Å²) in [6, 6.07) is 19.2. The van der Waals surface area contributed by atoms with E-state index in [4.69, 9.17) is 5.73 Å². The number of aryl methyl sites for hydroxylation is 1. The molecule has 2 aromatic carbocycles. The molecule has 138 valence electrons. The normalized spacial score (nSPS) is 10.8. The Bertz CT molecular complexity index is 1130. The number of nitrogen functional groups attached to an aromatic ring is 1. The third kappa shape index (κ3) is 3.18. The third-order valence-electron chi connectivity index (χ3n) is 4.77. The van der Waals surface area contributed by atoms with Gasteiger partial charge in [-0.3, -0.25) is 9.78 Å². The number of hydrogen-bond donors (Lipinski definition) is 1. The molecule has 0 saturated carbocycles. The zero-order valence-electron chi connectivity index (χ0n) is 15.5. The lowest BCUT2D eigenvalue weighted by Gasteiger charge is -2.10. The maximum Gasteiger partial charge on any atom is 0.198 e. The average molecular weight is 368 g/mol. The van der Waals surface area contributed by atoms with E-state index >= 15 is 0 Å². The minimum absolute atomic E-state index is 0.150. The number of nitrogens with two attached hydrogens (primary N) is 1. The molecular formula is C23H20N4O. The van der Waals surface area contributed by atoms with E-state index in [2.05, 4.69) is 17.0 Å². The van der Waals surface area contributed by atoms with E-state index in [0.29, 0.717) is 16.9 Å². The van der Waals surface area contributed by atoms with E-state index in [-0.39, 0.29) is 5.78 Å². The Morgan fingerprint density at radius 3 is 2.61 bits per heavy atom. The zero-order chi connectivity index (χ0) is 19.5. The molecule has 5 nitrogen and oxygen atoms in total. The van der Waals surface area contributed by atoms with E-state index in [1.165, 1.54) is 0 Å². The molecule has 2 heterocycles. The summed E-state index contributed by atoms with van der Waals surface area (Å²) in [6.45, 7) is 2.08. The van der Waals surface area contributed by atoms with Crippen molar-refractivity contribution in [3.8, 4) is 16.8 Å². The molecule has 0 saturated heterocycles. The second-order valence-electron chi connectivity index (χ2n) is 6.49. The van der Waals surface area contributed by atoms with E-state index in [0.717, 1.165) is 28.8 Å². The van der Waals surface area contributed by atoms with Gasteiger partial charge < -0.3 is 5.73 Å². The number of para-hydroxylation sites is 1. The van der Waals surface area contributed by atoms with Crippen LogP contribution >= 0.6 is 0 Å². The molecule has 2 N–H and O–H groups in total. The Hall–Kier alpha value is -3.73. The molecule has 4 aromatic rings. The minimum atomic E-state index is -0.150. The van der Waals surface area contributed by atoms with Crippen LogP contribution < -0.4 is 5.73 Å². The van der Waals surface area contributed by atoms with Crippen LogP contribution in [0.5, 0.6) is 0 Å². The van der Waals surface area contributed by atoms with Gasteiger partial charge in [-0.15, -0.1) is 0 Å².